The first-order valence-electron chi connectivity index (χ1n) is 11.3. The van der Waals surface area contributed by atoms with Crippen LogP contribution in [0.1, 0.15) is 22.8 Å². The van der Waals surface area contributed by atoms with Crippen LogP contribution < -0.4 is 0 Å². The number of hydrogen-bond donors (Lipinski definition) is 0. The van der Waals surface area contributed by atoms with Gasteiger partial charge in [-0.15, -0.1) is 0 Å². The van der Waals surface area contributed by atoms with Crippen LogP contribution >= 0.6 is 0 Å². The SMILES string of the molecule is CC(=O)N1CCN(S(=O)(=O)c2cccc(C(=O)N3CCN(Cc4ccccc4)CC3)c2)CC1. The largest absolute Gasteiger partial charge is 0.340 e. The maximum absolute atomic E-state index is 13.1. The summed E-state index contributed by atoms with van der Waals surface area (Å²) in [7, 11) is -3.72. The van der Waals surface area contributed by atoms with E-state index < -0.39 is 10.0 Å². The van der Waals surface area contributed by atoms with E-state index in [2.05, 4.69) is 17.0 Å². The molecule has 0 spiro atoms. The lowest BCUT2D eigenvalue weighted by molar-refractivity contribution is -0.129. The van der Waals surface area contributed by atoms with Crippen LogP contribution in [0.4, 0.5) is 0 Å². The van der Waals surface area contributed by atoms with Crippen LogP contribution in [0.5, 0.6) is 0 Å². The lowest BCUT2D eigenvalue weighted by Gasteiger charge is -2.35. The monoisotopic (exact) mass is 470 g/mol. The van der Waals surface area contributed by atoms with Crippen LogP contribution in [0.15, 0.2) is 59.5 Å². The van der Waals surface area contributed by atoms with Crippen molar-refractivity contribution in [3.8, 4) is 0 Å². The fourth-order valence-corrected chi connectivity index (χ4v) is 5.78. The Kier molecular flexibility index (Phi) is 7.11. The van der Waals surface area contributed by atoms with Crippen LogP contribution in [-0.2, 0) is 21.4 Å². The molecule has 33 heavy (non-hydrogen) atoms. The third kappa shape index (κ3) is 5.43. The minimum atomic E-state index is -3.72. The minimum Gasteiger partial charge on any atom is -0.340 e. The molecule has 9 heteroatoms. The Balaban J connectivity index is 1.38. The smallest absolute Gasteiger partial charge is 0.253 e. The zero-order valence-corrected chi connectivity index (χ0v) is 19.7. The van der Waals surface area contributed by atoms with Crippen molar-refractivity contribution in [1.82, 2.24) is 19.0 Å². The molecule has 0 aliphatic carbocycles. The van der Waals surface area contributed by atoms with Crippen molar-refractivity contribution in [3.63, 3.8) is 0 Å². The van der Waals surface area contributed by atoms with Crippen molar-refractivity contribution in [3.05, 3.63) is 65.7 Å². The Labute approximate surface area is 195 Å². The highest BCUT2D eigenvalue weighted by atomic mass is 32.2. The van der Waals surface area contributed by atoms with Gasteiger partial charge in [-0.05, 0) is 23.8 Å². The van der Waals surface area contributed by atoms with Crippen LogP contribution in [0, 0.1) is 0 Å². The highest BCUT2D eigenvalue weighted by Crippen LogP contribution is 2.20. The number of benzene rings is 2. The first kappa shape index (κ1) is 23.4. The minimum absolute atomic E-state index is 0.0523. The maximum atomic E-state index is 13.1. The van der Waals surface area contributed by atoms with Gasteiger partial charge >= 0.3 is 0 Å². The highest BCUT2D eigenvalue weighted by Gasteiger charge is 2.30. The van der Waals surface area contributed by atoms with E-state index in [0.717, 1.165) is 19.6 Å². The number of carbonyl (C=O) groups is 2. The molecule has 0 unspecified atom stereocenters. The van der Waals surface area contributed by atoms with Gasteiger partial charge in [0.1, 0.15) is 0 Å². The number of sulfonamides is 1. The van der Waals surface area contributed by atoms with Gasteiger partial charge in [0.05, 0.1) is 4.90 Å². The van der Waals surface area contributed by atoms with Gasteiger partial charge in [-0.3, -0.25) is 14.5 Å². The molecule has 0 aromatic heterocycles. The molecule has 2 aromatic rings. The Morgan fingerprint density at radius 2 is 1.42 bits per heavy atom. The molecular weight excluding hydrogens is 440 g/mol. The van der Waals surface area contributed by atoms with E-state index in [-0.39, 0.29) is 29.8 Å². The third-order valence-electron chi connectivity index (χ3n) is 6.31. The summed E-state index contributed by atoms with van der Waals surface area (Å²) in [5, 5.41) is 0. The Morgan fingerprint density at radius 1 is 0.788 bits per heavy atom. The first-order valence-corrected chi connectivity index (χ1v) is 12.7. The molecule has 2 fully saturated rings. The normalized spacial score (nSPS) is 18.3. The van der Waals surface area contributed by atoms with Crippen molar-refractivity contribution < 1.29 is 18.0 Å². The van der Waals surface area contributed by atoms with Crippen LogP contribution in [-0.4, -0.2) is 91.6 Å². The summed E-state index contributed by atoms with van der Waals surface area (Å²) in [4.78, 5) is 30.5. The van der Waals surface area contributed by atoms with Gasteiger partial charge in [-0.25, -0.2) is 8.42 Å². The quantitative estimate of drug-likeness (QED) is 0.662. The molecule has 2 heterocycles. The number of nitrogens with zero attached hydrogens (tertiary/aromatic N) is 4. The summed E-state index contributed by atoms with van der Waals surface area (Å²) in [5.41, 5.74) is 1.63. The average molecular weight is 471 g/mol. The van der Waals surface area contributed by atoms with E-state index in [1.807, 2.05) is 18.2 Å². The predicted molar refractivity (Wildman–Crippen MR) is 125 cm³/mol. The molecule has 8 nitrogen and oxygen atoms in total. The summed E-state index contributed by atoms with van der Waals surface area (Å²) in [5.74, 6) is -0.198. The molecule has 2 amide bonds. The summed E-state index contributed by atoms with van der Waals surface area (Å²) in [6, 6.07) is 16.6. The molecule has 2 saturated heterocycles. The van der Waals surface area contributed by atoms with Gasteiger partial charge in [0.15, 0.2) is 0 Å². The summed E-state index contributed by atoms with van der Waals surface area (Å²) in [6.07, 6.45) is 0. The van der Waals surface area contributed by atoms with Gasteiger partial charge in [0.25, 0.3) is 5.91 Å². The van der Waals surface area contributed by atoms with E-state index in [0.29, 0.717) is 31.7 Å². The van der Waals surface area contributed by atoms with E-state index in [4.69, 9.17) is 0 Å². The first-order chi connectivity index (χ1) is 15.8. The van der Waals surface area contributed by atoms with Crippen molar-refractivity contribution in [1.29, 1.82) is 0 Å². The zero-order chi connectivity index (χ0) is 23.4. The topological polar surface area (TPSA) is 81.2 Å². The average Bonchev–Trinajstić information content (AvgIpc) is 2.85. The maximum Gasteiger partial charge on any atom is 0.253 e. The molecule has 0 bridgehead atoms. The van der Waals surface area contributed by atoms with Gasteiger partial charge in [0, 0.05) is 71.4 Å². The van der Waals surface area contributed by atoms with E-state index in [9.17, 15) is 18.0 Å². The third-order valence-corrected chi connectivity index (χ3v) is 8.21. The van der Waals surface area contributed by atoms with Gasteiger partial charge in [0.2, 0.25) is 15.9 Å². The van der Waals surface area contributed by atoms with Crippen molar-refractivity contribution in [2.75, 3.05) is 52.4 Å². The number of piperazine rings is 2. The second-order valence-corrected chi connectivity index (χ2v) is 10.4. The predicted octanol–water partition coefficient (Wildman–Crippen LogP) is 1.50. The number of amides is 2. The molecule has 2 aromatic carbocycles. The Bertz CT molecular complexity index is 1090. The summed E-state index contributed by atoms with van der Waals surface area (Å²) >= 11 is 0. The Hall–Kier alpha value is -2.75. The molecule has 176 valence electrons. The van der Waals surface area contributed by atoms with E-state index >= 15 is 0 Å². The second kappa shape index (κ2) is 10.0. The second-order valence-electron chi connectivity index (χ2n) is 8.49. The molecule has 0 N–H and O–H groups in total. The van der Waals surface area contributed by atoms with Crippen molar-refractivity contribution in [2.45, 2.75) is 18.4 Å². The van der Waals surface area contributed by atoms with E-state index in [1.165, 1.54) is 28.9 Å². The zero-order valence-electron chi connectivity index (χ0n) is 18.9. The molecule has 2 aliphatic heterocycles. The summed E-state index contributed by atoms with van der Waals surface area (Å²) < 4.78 is 27.6. The number of rotatable bonds is 5. The lowest BCUT2D eigenvalue weighted by atomic mass is 10.1. The van der Waals surface area contributed by atoms with Gasteiger partial charge < -0.3 is 9.80 Å². The number of carbonyl (C=O) groups excluding carboxylic acids is 2. The molecule has 4 rings (SSSR count). The number of hydrogen-bond acceptors (Lipinski definition) is 5. The van der Waals surface area contributed by atoms with Crippen LogP contribution in [0.3, 0.4) is 0 Å². The van der Waals surface area contributed by atoms with Crippen LogP contribution in [0.25, 0.3) is 0 Å². The summed E-state index contributed by atoms with van der Waals surface area (Å²) in [6.45, 7) is 6.37. The van der Waals surface area contributed by atoms with Gasteiger partial charge in [-0.1, -0.05) is 36.4 Å². The standard InChI is InChI=1S/C24H30N4O4S/c1-20(29)26-14-16-28(17-15-26)33(31,32)23-9-5-8-22(18-23)24(30)27-12-10-25(11-13-27)19-21-6-3-2-4-7-21/h2-9,18H,10-17,19H2,1H3. The van der Waals surface area contributed by atoms with Crippen LogP contribution in [0.2, 0.25) is 0 Å². The van der Waals surface area contributed by atoms with Gasteiger partial charge in [-0.2, -0.15) is 4.31 Å². The molecule has 0 radical (unpaired) electrons. The lowest BCUT2D eigenvalue weighted by Crippen LogP contribution is -2.50. The molecular formula is C24H30N4O4S. The highest BCUT2D eigenvalue weighted by molar-refractivity contribution is 7.89. The Morgan fingerprint density at radius 3 is 2.06 bits per heavy atom. The molecule has 0 saturated carbocycles. The van der Waals surface area contributed by atoms with E-state index in [1.54, 1.807) is 21.9 Å². The molecule has 2 aliphatic rings. The fraction of sp³-hybridized carbons (Fsp3) is 0.417. The van der Waals surface area contributed by atoms with Crippen molar-refractivity contribution >= 4 is 21.8 Å². The molecule has 0 atom stereocenters. The fourth-order valence-electron chi connectivity index (χ4n) is 4.32. The van der Waals surface area contributed by atoms with Crippen molar-refractivity contribution in [2.24, 2.45) is 0 Å².